The topological polar surface area (TPSA) is 66.8 Å². The minimum Gasteiger partial charge on any atom is -0.493 e. The van der Waals surface area contributed by atoms with E-state index < -0.39 is 5.97 Å². The predicted molar refractivity (Wildman–Crippen MR) is 137 cm³/mol. The van der Waals surface area contributed by atoms with Gasteiger partial charge in [0.25, 0.3) is 0 Å². The summed E-state index contributed by atoms with van der Waals surface area (Å²) in [5.74, 6) is 8.68. The van der Waals surface area contributed by atoms with E-state index in [1.54, 1.807) is 6.07 Å². The maximum absolute atomic E-state index is 12.4. The zero-order chi connectivity index (χ0) is 24.3. The Morgan fingerprint density at radius 1 is 0.886 bits per heavy atom. The highest BCUT2D eigenvalue weighted by atomic mass is 16.5. The molecule has 35 heavy (non-hydrogen) atoms. The van der Waals surface area contributed by atoms with Gasteiger partial charge in [-0.1, -0.05) is 36.5 Å². The van der Waals surface area contributed by atoms with Crippen LogP contribution < -0.4 is 4.74 Å². The normalized spacial score (nSPS) is 26.3. The summed E-state index contributed by atoms with van der Waals surface area (Å²) in [6.45, 7) is 0.833. The Balaban J connectivity index is 1.56. The van der Waals surface area contributed by atoms with Gasteiger partial charge in [0.05, 0.1) is 12.2 Å². The molecule has 0 heterocycles. The first-order chi connectivity index (χ1) is 17.1. The van der Waals surface area contributed by atoms with Crippen LogP contribution in [0.4, 0.5) is 0 Å². The smallest absolute Gasteiger partial charge is 0.336 e. The van der Waals surface area contributed by atoms with Gasteiger partial charge in [0.15, 0.2) is 0 Å². The van der Waals surface area contributed by atoms with Gasteiger partial charge in [-0.25, -0.2) is 4.79 Å². The lowest BCUT2D eigenvalue weighted by atomic mass is 9.47. The average Bonchev–Trinajstić information content (AvgIpc) is 2.84. The molecule has 0 aromatic heterocycles. The zero-order valence-corrected chi connectivity index (χ0v) is 20.5. The Morgan fingerprint density at radius 2 is 1.54 bits per heavy atom. The largest absolute Gasteiger partial charge is 0.493 e. The minimum atomic E-state index is -0.927. The average molecular weight is 473 g/mol. The lowest BCUT2D eigenvalue weighted by Gasteiger charge is -2.57. The fourth-order valence-corrected chi connectivity index (χ4v) is 7.36. The monoisotopic (exact) mass is 472 g/mol. The molecule has 4 aliphatic rings. The van der Waals surface area contributed by atoms with E-state index in [9.17, 15) is 9.90 Å². The van der Waals surface area contributed by atoms with Gasteiger partial charge in [-0.3, -0.25) is 0 Å². The van der Waals surface area contributed by atoms with Crippen molar-refractivity contribution in [1.82, 2.24) is 0 Å². The second-order valence-electron chi connectivity index (χ2n) is 11.0. The third-order valence-electron chi connectivity index (χ3n) is 8.38. The Hall–Kier alpha value is -2.77. The van der Waals surface area contributed by atoms with Crippen LogP contribution in [0.2, 0.25) is 0 Å². The van der Waals surface area contributed by atoms with Crippen molar-refractivity contribution in [3.63, 3.8) is 0 Å². The molecule has 0 amide bonds. The van der Waals surface area contributed by atoms with Gasteiger partial charge in [0.2, 0.25) is 0 Å². The van der Waals surface area contributed by atoms with Crippen LogP contribution in [0.5, 0.6) is 5.75 Å². The molecular formula is C31H36O4. The lowest BCUT2D eigenvalue weighted by molar-refractivity contribution is -0.00654. The summed E-state index contributed by atoms with van der Waals surface area (Å²) in [6.07, 6.45) is 11.1. The van der Waals surface area contributed by atoms with Gasteiger partial charge in [0.1, 0.15) is 5.75 Å². The molecule has 6 rings (SSSR count). The van der Waals surface area contributed by atoms with Crippen LogP contribution in [-0.4, -0.2) is 29.4 Å². The predicted octanol–water partition coefficient (Wildman–Crippen LogP) is 6.18. The number of unbranched alkanes of at least 4 members (excludes halogenated alkanes) is 3. The molecule has 184 valence electrons. The number of aliphatic hydroxyl groups is 1. The Bertz CT molecular complexity index is 1070. The fraction of sp³-hybridized carbons (Fsp3) is 0.516. The first-order valence-corrected chi connectivity index (χ1v) is 13.3. The van der Waals surface area contributed by atoms with Crippen molar-refractivity contribution >= 4 is 5.97 Å². The number of carboxylic acids is 1. The number of hydrogen-bond donors (Lipinski definition) is 2. The molecule has 0 spiro atoms. The number of carboxylic acid groups (broad SMARTS) is 1. The highest BCUT2D eigenvalue weighted by Crippen LogP contribution is 2.62. The molecule has 0 saturated heterocycles. The summed E-state index contributed by atoms with van der Waals surface area (Å²) >= 11 is 0. The van der Waals surface area contributed by atoms with E-state index in [1.165, 1.54) is 19.3 Å². The van der Waals surface area contributed by atoms with Gasteiger partial charge >= 0.3 is 5.97 Å². The van der Waals surface area contributed by atoms with Crippen LogP contribution in [0, 0.1) is 29.6 Å². The molecule has 4 saturated carbocycles. The van der Waals surface area contributed by atoms with Gasteiger partial charge in [-0.05, 0) is 99.8 Å². The maximum Gasteiger partial charge on any atom is 0.336 e. The van der Waals surface area contributed by atoms with E-state index >= 15 is 0 Å². The summed E-state index contributed by atoms with van der Waals surface area (Å²) in [7, 11) is 0. The van der Waals surface area contributed by atoms with Crippen LogP contribution in [-0.2, 0) is 5.41 Å². The van der Waals surface area contributed by atoms with Gasteiger partial charge in [0, 0.05) is 28.7 Å². The molecule has 0 atom stereocenters. The van der Waals surface area contributed by atoms with Gasteiger partial charge in [-0.2, -0.15) is 0 Å². The molecule has 0 unspecified atom stereocenters. The van der Waals surface area contributed by atoms with Crippen molar-refractivity contribution < 1.29 is 19.7 Å². The number of benzene rings is 2. The Labute approximate surface area is 208 Å². The number of hydrogen-bond acceptors (Lipinski definition) is 3. The van der Waals surface area contributed by atoms with Crippen molar-refractivity contribution in [3.05, 3.63) is 64.7 Å². The Morgan fingerprint density at radius 3 is 2.17 bits per heavy atom. The van der Waals surface area contributed by atoms with Crippen LogP contribution in [0.1, 0.15) is 91.3 Å². The maximum atomic E-state index is 12.4. The number of aromatic carboxylic acids is 1. The van der Waals surface area contributed by atoms with Crippen molar-refractivity contribution in [2.24, 2.45) is 17.8 Å². The van der Waals surface area contributed by atoms with E-state index in [4.69, 9.17) is 9.84 Å². The molecule has 4 bridgehead atoms. The summed E-state index contributed by atoms with van der Waals surface area (Å²) < 4.78 is 6.41. The molecular weight excluding hydrogens is 436 g/mol. The molecule has 4 nitrogen and oxygen atoms in total. The molecule has 2 aromatic rings. The van der Waals surface area contributed by atoms with Gasteiger partial charge < -0.3 is 14.9 Å². The number of aliphatic hydroxyl groups excluding tert-OH is 1. The van der Waals surface area contributed by atoms with E-state index in [0.29, 0.717) is 12.2 Å². The highest BCUT2D eigenvalue weighted by molar-refractivity contribution is 5.92. The van der Waals surface area contributed by atoms with Crippen molar-refractivity contribution in [2.75, 3.05) is 13.2 Å². The van der Waals surface area contributed by atoms with E-state index in [2.05, 4.69) is 11.8 Å². The quantitative estimate of drug-likeness (QED) is 0.338. The first kappa shape index (κ1) is 23.9. The molecule has 0 radical (unpaired) electrons. The molecule has 2 aromatic carbocycles. The van der Waals surface area contributed by atoms with Crippen LogP contribution in [0.3, 0.4) is 0 Å². The molecule has 4 heteroatoms. The summed E-state index contributed by atoms with van der Waals surface area (Å²) in [4.78, 5) is 12.4. The van der Waals surface area contributed by atoms with E-state index in [-0.39, 0.29) is 17.6 Å². The van der Waals surface area contributed by atoms with Gasteiger partial charge in [-0.15, -0.1) is 0 Å². The Kier molecular flexibility index (Phi) is 7.16. The second-order valence-corrected chi connectivity index (χ2v) is 11.0. The number of rotatable bonds is 9. The third kappa shape index (κ3) is 5.11. The first-order valence-electron chi connectivity index (χ1n) is 13.3. The lowest BCUT2D eigenvalue weighted by Crippen LogP contribution is -2.49. The van der Waals surface area contributed by atoms with E-state index in [0.717, 1.165) is 79.6 Å². The molecule has 4 fully saturated rings. The highest BCUT2D eigenvalue weighted by Gasteiger charge is 2.53. The van der Waals surface area contributed by atoms with Crippen LogP contribution in [0.15, 0.2) is 42.5 Å². The van der Waals surface area contributed by atoms with Crippen molar-refractivity contribution in [1.29, 1.82) is 0 Å². The van der Waals surface area contributed by atoms with Crippen molar-refractivity contribution in [2.45, 2.75) is 69.6 Å². The van der Waals surface area contributed by atoms with Crippen molar-refractivity contribution in [3.8, 4) is 17.6 Å². The summed E-state index contributed by atoms with van der Waals surface area (Å²) in [5, 5.41) is 19.2. The van der Waals surface area contributed by atoms with Crippen LogP contribution >= 0.6 is 0 Å². The molecule has 4 aliphatic carbocycles. The fourth-order valence-electron chi connectivity index (χ4n) is 7.36. The summed E-state index contributed by atoms with van der Waals surface area (Å²) in [6, 6.07) is 13.4. The third-order valence-corrected chi connectivity index (χ3v) is 8.38. The second kappa shape index (κ2) is 10.5. The minimum absolute atomic E-state index is 0.0346. The standard InChI is InChI=1S/C31H36O4/c32-14-6-1-2-7-15-35-28-13-12-27(30(33)34)26(11-10-22-8-4-3-5-9-22)29(28)31-19-23-16-24(20-31)18-25(17-23)21-31/h3-5,8-9,12-13,23-25,32H,1-2,6-7,14-21H2,(H,33,34). The summed E-state index contributed by atoms with van der Waals surface area (Å²) in [5.41, 5.74) is 2.86. The number of carbonyl (C=O) groups is 1. The zero-order valence-electron chi connectivity index (χ0n) is 20.5. The number of ether oxygens (including phenoxy) is 1. The SMILES string of the molecule is O=C(O)c1ccc(OCCCCCCO)c(C23CC4CC(CC(C4)C2)C3)c1C#Cc1ccccc1. The molecule has 2 N–H and O–H groups in total. The molecule has 0 aliphatic heterocycles. The van der Waals surface area contributed by atoms with Crippen LogP contribution in [0.25, 0.3) is 0 Å². The van der Waals surface area contributed by atoms with E-state index in [1.807, 2.05) is 36.4 Å².